The van der Waals surface area contributed by atoms with Gasteiger partial charge in [0.25, 0.3) is 0 Å². The maximum atomic E-state index is 9.40. The van der Waals surface area contributed by atoms with E-state index in [9.17, 15) is 5.11 Å². The van der Waals surface area contributed by atoms with Crippen molar-refractivity contribution in [2.24, 2.45) is 4.99 Å². The Labute approximate surface area is 195 Å². The van der Waals surface area contributed by atoms with E-state index in [1.54, 1.807) is 0 Å². The Morgan fingerprint density at radius 2 is 1.29 bits per heavy atom. The molecule has 3 heteroatoms. The number of likely N-dealkylation sites (N-methyl/N-ethyl adjacent to an activating group) is 1. The van der Waals surface area contributed by atoms with E-state index in [0.29, 0.717) is 6.17 Å². The molecule has 0 amide bonds. The number of aliphatic imine (C=N–C) groups is 1. The minimum absolute atomic E-state index is 0.282. The van der Waals surface area contributed by atoms with E-state index in [4.69, 9.17) is 4.99 Å². The van der Waals surface area contributed by atoms with E-state index in [0.717, 1.165) is 24.1 Å². The Morgan fingerprint density at radius 3 is 1.81 bits per heavy atom. The Kier molecular flexibility index (Phi) is 18.3. The zero-order valence-corrected chi connectivity index (χ0v) is 21.2. The Hall–Kier alpha value is -0.670. The van der Waals surface area contributed by atoms with Crippen molar-refractivity contribution < 1.29 is 9.59 Å². The standard InChI is InChI=1S/C28H55N2O/c1-3-5-6-7-8-9-10-11-12-13-14-15-16-17-18-19-20-21-22-23-28-29-24-25-30(28,4-2)26-27-31/h9-10,24,28,31H,3-8,11-23,25-27H2,1-2H3/q+1/b10-9+. The first kappa shape index (κ1) is 28.4. The molecule has 0 aromatic carbocycles. The summed E-state index contributed by atoms with van der Waals surface area (Å²) in [6.07, 6.45) is 32.0. The topological polar surface area (TPSA) is 32.6 Å². The maximum Gasteiger partial charge on any atom is 0.182 e. The van der Waals surface area contributed by atoms with Crippen LogP contribution in [0.1, 0.15) is 129 Å². The van der Waals surface area contributed by atoms with E-state index in [1.807, 2.05) is 0 Å². The highest BCUT2D eigenvalue weighted by atomic mass is 16.3. The lowest BCUT2D eigenvalue weighted by molar-refractivity contribution is -0.936. The fraction of sp³-hybridized carbons (Fsp3) is 0.893. The zero-order chi connectivity index (χ0) is 22.5. The molecule has 0 spiro atoms. The molecule has 0 aromatic rings. The van der Waals surface area contributed by atoms with Gasteiger partial charge >= 0.3 is 0 Å². The van der Waals surface area contributed by atoms with Crippen molar-refractivity contribution in [2.45, 2.75) is 136 Å². The van der Waals surface area contributed by atoms with E-state index < -0.39 is 0 Å². The van der Waals surface area contributed by atoms with Crippen molar-refractivity contribution in [3.05, 3.63) is 12.2 Å². The molecule has 0 radical (unpaired) electrons. The van der Waals surface area contributed by atoms with E-state index >= 15 is 0 Å². The Balaban J connectivity index is 1.83. The van der Waals surface area contributed by atoms with Crippen LogP contribution >= 0.6 is 0 Å². The molecule has 0 fully saturated rings. The molecule has 0 aromatic heterocycles. The van der Waals surface area contributed by atoms with Crippen molar-refractivity contribution in [1.82, 2.24) is 0 Å². The lowest BCUT2D eigenvalue weighted by Crippen LogP contribution is -2.53. The summed E-state index contributed by atoms with van der Waals surface area (Å²) in [4.78, 5) is 4.73. The van der Waals surface area contributed by atoms with Crippen LogP contribution in [0.2, 0.25) is 0 Å². The highest BCUT2D eigenvalue weighted by Crippen LogP contribution is 2.24. The third-order valence-corrected chi connectivity index (χ3v) is 7.25. The number of unbranched alkanes of at least 4 members (excludes halogenated alkanes) is 15. The number of nitrogens with zero attached hydrogens (tertiary/aromatic N) is 2. The summed E-state index contributed by atoms with van der Waals surface area (Å²) in [5.74, 6) is 0. The predicted octanol–water partition coefficient (Wildman–Crippen LogP) is 7.82. The molecular weight excluding hydrogens is 380 g/mol. The van der Waals surface area contributed by atoms with Crippen LogP contribution in [0.4, 0.5) is 0 Å². The van der Waals surface area contributed by atoms with Crippen LogP contribution in [0.25, 0.3) is 0 Å². The molecule has 182 valence electrons. The Bertz CT molecular complexity index is 448. The van der Waals surface area contributed by atoms with Crippen molar-refractivity contribution >= 4 is 6.21 Å². The predicted molar refractivity (Wildman–Crippen MR) is 138 cm³/mol. The average Bonchev–Trinajstić information content (AvgIpc) is 3.18. The van der Waals surface area contributed by atoms with Crippen LogP contribution in [0.5, 0.6) is 0 Å². The highest BCUT2D eigenvalue weighted by Gasteiger charge is 2.36. The van der Waals surface area contributed by atoms with Gasteiger partial charge in [-0.2, -0.15) is 0 Å². The lowest BCUT2D eigenvalue weighted by atomic mass is 10.0. The Morgan fingerprint density at radius 1 is 0.774 bits per heavy atom. The van der Waals surface area contributed by atoms with Crippen molar-refractivity contribution in [3.63, 3.8) is 0 Å². The number of quaternary nitrogens is 1. The second-order valence-corrected chi connectivity index (χ2v) is 9.76. The average molecular weight is 436 g/mol. The first-order valence-electron chi connectivity index (χ1n) is 13.9. The number of rotatable bonds is 22. The quantitative estimate of drug-likeness (QED) is 0.105. The minimum Gasteiger partial charge on any atom is -0.391 e. The van der Waals surface area contributed by atoms with Gasteiger partial charge in [-0.25, -0.2) is 4.99 Å². The van der Waals surface area contributed by atoms with Gasteiger partial charge in [-0.1, -0.05) is 96.1 Å². The molecule has 1 aliphatic heterocycles. The summed E-state index contributed by atoms with van der Waals surface area (Å²) in [6.45, 7) is 7.76. The molecule has 0 aliphatic carbocycles. The van der Waals surface area contributed by atoms with Crippen LogP contribution in [0, 0.1) is 0 Å². The smallest absolute Gasteiger partial charge is 0.182 e. The number of allylic oxidation sites excluding steroid dienone is 2. The van der Waals surface area contributed by atoms with E-state index in [-0.39, 0.29) is 6.61 Å². The molecule has 0 bridgehead atoms. The fourth-order valence-electron chi connectivity index (χ4n) is 4.99. The maximum absolute atomic E-state index is 9.40. The first-order valence-corrected chi connectivity index (χ1v) is 13.9. The highest BCUT2D eigenvalue weighted by molar-refractivity contribution is 5.60. The van der Waals surface area contributed by atoms with E-state index in [2.05, 4.69) is 32.2 Å². The van der Waals surface area contributed by atoms with Crippen molar-refractivity contribution in [3.8, 4) is 0 Å². The number of hydrogen-bond donors (Lipinski definition) is 1. The molecule has 3 nitrogen and oxygen atoms in total. The molecule has 1 N–H and O–H groups in total. The monoisotopic (exact) mass is 435 g/mol. The van der Waals surface area contributed by atoms with Crippen LogP contribution in [0.15, 0.2) is 17.1 Å². The van der Waals surface area contributed by atoms with E-state index in [1.165, 1.54) is 116 Å². The molecule has 31 heavy (non-hydrogen) atoms. The van der Waals surface area contributed by atoms with Gasteiger partial charge in [0.2, 0.25) is 0 Å². The second-order valence-electron chi connectivity index (χ2n) is 9.76. The second kappa shape index (κ2) is 20.0. The normalized spacial score (nSPS) is 20.9. The summed E-state index contributed by atoms with van der Waals surface area (Å²) in [5, 5.41) is 9.40. The number of aliphatic hydroxyl groups excluding tert-OH is 1. The minimum atomic E-state index is 0.282. The van der Waals surface area contributed by atoms with Gasteiger partial charge in [0, 0.05) is 6.42 Å². The lowest BCUT2D eigenvalue weighted by Gasteiger charge is -2.37. The summed E-state index contributed by atoms with van der Waals surface area (Å²) in [7, 11) is 0. The van der Waals surface area contributed by atoms with Gasteiger partial charge in [0.05, 0.1) is 19.4 Å². The van der Waals surface area contributed by atoms with Crippen molar-refractivity contribution in [1.29, 1.82) is 0 Å². The third kappa shape index (κ3) is 13.5. The SMILES string of the molecule is CCCCCC/C=C/CCCCCCCCCCCCCC1N=CC[N+]1(CC)CCO. The molecule has 1 rings (SSSR count). The molecule has 0 saturated heterocycles. The van der Waals surface area contributed by atoms with Crippen LogP contribution < -0.4 is 0 Å². The van der Waals surface area contributed by atoms with Crippen LogP contribution in [0.3, 0.4) is 0 Å². The zero-order valence-electron chi connectivity index (χ0n) is 21.2. The first-order chi connectivity index (χ1) is 15.3. The van der Waals surface area contributed by atoms with Gasteiger partial charge in [0.15, 0.2) is 6.17 Å². The molecule has 2 atom stereocenters. The van der Waals surface area contributed by atoms with Crippen LogP contribution in [-0.4, -0.2) is 48.2 Å². The van der Waals surface area contributed by atoms with Gasteiger partial charge in [-0.15, -0.1) is 0 Å². The fourth-order valence-corrected chi connectivity index (χ4v) is 4.99. The van der Waals surface area contributed by atoms with Gasteiger partial charge < -0.3 is 5.11 Å². The third-order valence-electron chi connectivity index (χ3n) is 7.25. The molecule has 2 unspecified atom stereocenters. The summed E-state index contributed by atoms with van der Waals surface area (Å²) in [5.41, 5.74) is 0. The molecule has 1 heterocycles. The van der Waals surface area contributed by atoms with Crippen LogP contribution in [-0.2, 0) is 0 Å². The number of aliphatic hydroxyl groups is 1. The summed E-state index contributed by atoms with van der Waals surface area (Å²) >= 11 is 0. The molecular formula is C28H55N2O+. The number of hydrogen-bond acceptors (Lipinski definition) is 2. The summed E-state index contributed by atoms with van der Waals surface area (Å²) in [6, 6.07) is 0. The van der Waals surface area contributed by atoms with Gasteiger partial charge in [0.1, 0.15) is 13.1 Å². The molecule has 0 saturated carbocycles. The van der Waals surface area contributed by atoms with Crippen molar-refractivity contribution in [2.75, 3.05) is 26.2 Å². The molecule has 1 aliphatic rings. The van der Waals surface area contributed by atoms with Gasteiger partial charge in [-0.05, 0) is 39.0 Å². The summed E-state index contributed by atoms with van der Waals surface area (Å²) < 4.78 is 0.978. The largest absolute Gasteiger partial charge is 0.391 e. The van der Waals surface area contributed by atoms with Gasteiger partial charge in [-0.3, -0.25) is 4.48 Å².